The largest absolute Gasteiger partial charge is 0.394 e. The summed E-state index contributed by atoms with van der Waals surface area (Å²) < 4.78 is 28.0. The van der Waals surface area contributed by atoms with Crippen LogP contribution in [-0.2, 0) is 18.3 Å². The Hall–Kier alpha value is 0.0700. The third-order valence-electron chi connectivity index (χ3n) is 2.08. The van der Waals surface area contributed by atoms with Crippen molar-refractivity contribution in [3.05, 3.63) is 0 Å². The quantitative estimate of drug-likeness (QED) is 0.477. The minimum absolute atomic E-state index is 0.0377. The van der Waals surface area contributed by atoms with Gasteiger partial charge in [0.1, 0.15) is 0 Å². The Morgan fingerprint density at radius 3 is 2.12 bits per heavy atom. The molecule has 0 saturated heterocycles. The van der Waals surface area contributed by atoms with E-state index in [0.29, 0.717) is 19.6 Å². The molecule has 0 heterocycles. The van der Waals surface area contributed by atoms with E-state index in [1.165, 1.54) is 0 Å². The van der Waals surface area contributed by atoms with Gasteiger partial charge in [0.15, 0.2) is 0 Å². The smallest absolute Gasteiger partial charge is 0.336 e. The van der Waals surface area contributed by atoms with E-state index >= 15 is 0 Å². The molecule has 0 aromatic heterocycles. The summed E-state index contributed by atoms with van der Waals surface area (Å²) in [6, 6.07) is 0. The molecule has 0 aromatic carbocycles. The Morgan fingerprint density at radius 2 is 1.75 bits per heavy atom. The van der Waals surface area contributed by atoms with Gasteiger partial charge in [0.05, 0.1) is 38.7 Å². The first-order chi connectivity index (χ1) is 7.64. The van der Waals surface area contributed by atoms with Gasteiger partial charge in [0.2, 0.25) is 0 Å². The first kappa shape index (κ1) is 16.1. The molecule has 0 bridgehead atoms. The second kappa shape index (κ2) is 9.14. The van der Waals surface area contributed by atoms with Gasteiger partial charge in [-0.3, -0.25) is 4.57 Å². The van der Waals surface area contributed by atoms with Gasteiger partial charge < -0.3 is 18.9 Å². The Morgan fingerprint density at radius 1 is 1.19 bits per heavy atom. The van der Waals surface area contributed by atoms with Crippen LogP contribution < -0.4 is 0 Å². The Labute approximate surface area is 97.6 Å². The summed E-state index contributed by atoms with van der Waals surface area (Å²) in [7, 11) is -3.08. The zero-order valence-corrected chi connectivity index (χ0v) is 11.2. The minimum Gasteiger partial charge on any atom is -0.394 e. The summed E-state index contributed by atoms with van der Waals surface area (Å²) in [5.41, 5.74) is -0.265. The van der Waals surface area contributed by atoms with E-state index < -0.39 is 7.60 Å². The molecule has 0 spiro atoms. The molecule has 1 unspecified atom stereocenters. The SMILES string of the molecule is CCOP(=O)(OCC)C(CC)COCCO. The fourth-order valence-electron chi connectivity index (χ4n) is 1.32. The molecule has 5 nitrogen and oxygen atoms in total. The van der Waals surface area contributed by atoms with Gasteiger partial charge in [0.25, 0.3) is 0 Å². The standard InChI is InChI=1S/C10H23O5P/c1-4-10(9-13-8-7-11)16(12,14-5-2)15-6-3/h10-11H,4-9H2,1-3H3. The van der Waals surface area contributed by atoms with E-state index in [2.05, 4.69) is 0 Å². The Balaban J connectivity index is 4.39. The summed E-state index contributed by atoms with van der Waals surface area (Å²) >= 11 is 0. The molecule has 0 amide bonds. The van der Waals surface area contributed by atoms with Crippen LogP contribution in [0.2, 0.25) is 0 Å². The van der Waals surface area contributed by atoms with Crippen LogP contribution in [-0.4, -0.2) is 43.8 Å². The van der Waals surface area contributed by atoms with Gasteiger partial charge in [0, 0.05) is 0 Å². The molecule has 0 saturated carbocycles. The minimum atomic E-state index is -3.08. The van der Waals surface area contributed by atoms with E-state index in [0.717, 1.165) is 0 Å². The lowest BCUT2D eigenvalue weighted by atomic mass is 10.3. The topological polar surface area (TPSA) is 65.0 Å². The average Bonchev–Trinajstić information content (AvgIpc) is 2.25. The van der Waals surface area contributed by atoms with Crippen LogP contribution in [0.3, 0.4) is 0 Å². The number of ether oxygens (including phenoxy) is 1. The monoisotopic (exact) mass is 254 g/mol. The first-order valence-electron chi connectivity index (χ1n) is 5.71. The van der Waals surface area contributed by atoms with Crippen molar-refractivity contribution in [1.29, 1.82) is 0 Å². The van der Waals surface area contributed by atoms with Gasteiger partial charge in [-0.25, -0.2) is 0 Å². The van der Waals surface area contributed by atoms with Gasteiger partial charge in [-0.15, -0.1) is 0 Å². The van der Waals surface area contributed by atoms with Crippen molar-refractivity contribution in [2.24, 2.45) is 0 Å². The molecular formula is C10H23O5P. The highest BCUT2D eigenvalue weighted by Gasteiger charge is 2.34. The maximum atomic E-state index is 12.4. The maximum Gasteiger partial charge on any atom is 0.336 e. The lowest BCUT2D eigenvalue weighted by molar-refractivity contribution is 0.0844. The van der Waals surface area contributed by atoms with Gasteiger partial charge in [-0.2, -0.15) is 0 Å². The summed E-state index contributed by atoms with van der Waals surface area (Å²) in [6.07, 6.45) is 0.655. The molecule has 16 heavy (non-hydrogen) atoms. The van der Waals surface area contributed by atoms with Crippen molar-refractivity contribution in [3.63, 3.8) is 0 Å². The predicted molar refractivity (Wildman–Crippen MR) is 62.8 cm³/mol. The zero-order valence-electron chi connectivity index (χ0n) is 10.3. The lowest BCUT2D eigenvalue weighted by Crippen LogP contribution is -2.20. The lowest BCUT2D eigenvalue weighted by Gasteiger charge is -2.25. The number of hydrogen-bond acceptors (Lipinski definition) is 5. The molecule has 0 fully saturated rings. The predicted octanol–water partition coefficient (Wildman–Crippen LogP) is 2.04. The van der Waals surface area contributed by atoms with Crippen LogP contribution in [0.1, 0.15) is 27.2 Å². The van der Waals surface area contributed by atoms with Crippen LogP contribution in [0.4, 0.5) is 0 Å². The average molecular weight is 254 g/mol. The van der Waals surface area contributed by atoms with Crippen LogP contribution in [0.5, 0.6) is 0 Å². The molecule has 6 heteroatoms. The number of rotatable bonds is 10. The number of aliphatic hydroxyl groups excluding tert-OH is 1. The Bertz CT molecular complexity index is 199. The second-order valence-corrected chi connectivity index (χ2v) is 5.56. The van der Waals surface area contributed by atoms with Gasteiger partial charge in [-0.05, 0) is 20.3 Å². The van der Waals surface area contributed by atoms with Crippen molar-refractivity contribution >= 4 is 7.60 Å². The van der Waals surface area contributed by atoms with E-state index in [9.17, 15) is 4.57 Å². The van der Waals surface area contributed by atoms with E-state index in [-0.39, 0.29) is 25.5 Å². The fraction of sp³-hybridized carbons (Fsp3) is 1.00. The molecule has 0 aliphatic heterocycles. The van der Waals surface area contributed by atoms with Gasteiger partial charge in [-0.1, -0.05) is 6.92 Å². The number of aliphatic hydroxyl groups is 1. The van der Waals surface area contributed by atoms with Gasteiger partial charge >= 0.3 is 7.60 Å². The second-order valence-electron chi connectivity index (χ2n) is 3.24. The van der Waals surface area contributed by atoms with Crippen LogP contribution in [0, 0.1) is 0 Å². The summed E-state index contributed by atoms with van der Waals surface area (Å²) in [5.74, 6) is 0. The van der Waals surface area contributed by atoms with Crippen molar-refractivity contribution in [2.45, 2.75) is 32.9 Å². The molecule has 0 rings (SSSR count). The van der Waals surface area contributed by atoms with Crippen molar-refractivity contribution < 1.29 is 23.5 Å². The molecule has 0 aliphatic rings. The van der Waals surface area contributed by atoms with Crippen LogP contribution in [0.15, 0.2) is 0 Å². The first-order valence-corrected chi connectivity index (χ1v) is 7.33. The molecule has 0 radical (unpaired) electrons. The highest BCUT2D eigenvalue weighted by molar-refractivity contribution is 7.54. The molecular weight excluding hydrogens is 231 g/mol. The van der Waals surface area contributed by atoms with Crippen molar-refractivity contribution in [1.82, 2.24) is 0 Å². The molecule has 0 aromatic rings. The highest BCUT2D eigenvalue weighted by Crippen LogP contribution is 2.54. The molecule has 98 valence electrons. The van der Waals surface area contributed by atoms with Crippen molar-refractivity contribution in [2.75, 3.05) is 33.0 Å². The highest BCUT2D eigenvalue weighted by atomic mass is 31.2. The van der Waals surface area contributed by atoms with E-state index in [1.54, 1.807) is 13.8 Å². The normalized spacial score (nSPS) is 14.0. The maximum absolute atomic E-state index is 12.4. The summed E-state index contributed by atoms with van der Waals surface area (Å²) in [5, 5.41) is 8.60. The molecule has 1 N–H and O–H groups in total. The number of hydrogen-bond donors (Lipinski definition) is 1. The molecule has 1 atom stereocenters. The summed E-state index contributed by atoms with van der Waals surface area (Å²) in [6.45, 7) is 6.69. The van der Waals surface area contributed by atoms with E-state index in [4.69, 9.17) is 18.9 Å². The van der Waals surface area contributed by atoms with Crippen LogP contribution >= 0.6 is 7.60 Å². The third-order valence-corrected chi connectivity index (χ3v) is 4.73. The van der Waals surface area contributed by atoms with E-state index in [1.807, 2.05) is 6.92 Å². The zero-order chi connectivity index (χ0) is 12.4. The Kier molecular flexibility index (Phi) is 9.18. The van der Waals surface area contributed by atoms with Crippen LogP contribution in [0.25, 0.3) is 0 Å². The fourth-order valence-corrected chi connectivity index (χ4v) is 3.28. The van der Waals surface area contributed by atoms with Crippen molar-refractivity contribution in [3.8, 4) is 0 Å². The summed E-state index contributed by atoms with van der Waals surface area (Å²) in [4.78, 5) is 0. The third kappa shape index (κ3) is 5.41. The molecule has 0 aliphatic carbocycles.